The van der Waals surface area contributed by atoms with Gasteiger partial charge in [-0.1, -0.05) is 12.2 Å². The molecule has 1 rings (SSSR count). The lowest BCUT2D eigenvalue weighted by Crippen LogP contribution is -2.22. The number of hydrogen-bond acceptors (Lipinski definition) is 6. The number of nitriles is 1. The molecule has 1 amide bonds. The Morgan fingerprint density at radius 3 is 2.60 bits per heavy atom. The molecule has 0 atom stereocenters. The third-order valence-electron chi connectivity index (χ3n) is 3.95. The lowest BCUT2D eigenvalue weighted by Gasteiger charge is -2.19. The highest BCUT2D eigenvalue weighted by Crippen LogP contribution is 2.22. The summed E-state index contributed by atoms with van der Waals surface area (Å²) < 4.78 is 10.8. The number of hydrogen-bond donors (Lipinski definition) is 1. The van der Waals surface area contributed by atoms with Gasteiger partial charge in [-0.25, -0.2) is 4.99 Å². The predicted octanol–water partition coefficient (Wildman–Crippen LogP) is 4.04. The number of aliphatic imine (C=N–C) groups is 2. The molecule has 0 spiro atoms. The summed E-state index contributed by atoms with van der Waals surface area (Å²) in [6.07, 6.45) is 9.89. The Morgan fingerprint density at radius 2 is 2.03 bits per heavy atom. The Balaban J connectivity index is 3.49. The lowest BCUT2D eigenvalue weighted by molar-refractivity contribution is -0.113. The number of rotatable bonds is 7. The molecule has 7 nitrogen and oxygen atoms in total. The van der Waals surface area contributed by atoms with E-state index in [0.29, 0.717) is 40.8 Å². The summed E-state index contributed by atoms with van der Waals surface area (Å²) in [4.78, 5) is 20.1. The fraction of sp³-hybridized carbons (Fsp3) is 0.304. The van der Waals surface area contributed by atoms with E-state index >= 15 is 0 Å². The Hall–Kier alpha value is -3.66. The molecule has 1 aliphatic rings. The summed E-state index contributed by atoms with van der Waals surface area (Å²) in [6, 6.07) is 2.11. The van der Waals surface area contributed by atoms with E-state index in [-0.39, 0.29) is 0 Å². The van der Waals surface area contributed by atoms with E-state index in [2.05, 4.69) is 16.1 Å². The zero-order chi connectivity index (χ0) is 22.7. The van der Waals surface area contributed by atoms with Crippen molar-refractivity contribution >= 4 is 17.5 Å². The largest absolute Gasteiger partial charge is 0.501 e. The first-order valence-corrected chi connectivity index (χ1v) is 9.40. The number of methoxy groups -OCH3 is 1. The predicted molar refractivity (Wildman–Crippen MR) is 120 cm³/mol. The number of carbonyl (C=O) groups is 1. The molecule has 0 aliphatic carbocycles. The molecule has 1 aliphatic heterocycles. The molecule has 0 unspecified atom stereocenters. The average molecular weight is 409 g/mol. The Morgan fingerprint density at radius 1 is 1.33 bits per heavy atom. The van der Waals surface area contributed by atoms with Gasteiger partial charge >= 0.3 is 0 Å². The second-order valence-corrected chi connectivity index (χ2v) is 6.44. The van der Waals surface area contributed by atoms with Crippen LogP contribution in [0.2, 0.25) is 0 Å². The smallest absolute Gasteiger partial charge is 0.243 e. The van der Waals surface area contributed by atoms with Crippen LogP contribution in [0.5, 0.6) is 0 Å². The number of nitrogens with zero attached hydrogens (tertiary/aromatic N) is 3. The Labute approximate surface area is 178 Å². The van der Waals surface area contributed by atoms with Crippen LogP contribution in [-0.2, 0) is 14.3 Å². The van der Waals surface area contributed by atoms with Crippen LogP contribution in [0, 0.1) is 11.3 Å². The molecule has 7 heteroatoms. The minimum Gasteiger partial charge on any atom is -0.501 e. The van der Waals surface area contributed by atoms with Crippen molar-refractivity contribution < 1.29 is 14.3 Å². The maximum Gasteiger partial charge on any atom is 0.243 e. The van der Waals surface area contributed by atoms with Crippen LogP contribution in [0.3, 0.4) is 0 Å². The van der Waals surface area contributed by atoms with Crippen molar-refractivity contribution in [1.82, 2.24) is 0 Å². The van der Waals surface area contributed by atoms with Gasteiger partial charge < -0.3 is 15.2 Å². The molecule has 0 aromatic heterocycles. The van der Waals surface area contributed by atoms with Crippen molar-refractivity contribution in [3.8, 4) is 6.07 Å². The first-order valence-electron chi connectivity index (χ1n) is 9.40. The quantitative estimate of drug-likeness (QED) is 0.297. The molecular formula is C23H28N4O3. The molecule has 0 saturated heterocycles. The SMILES string of the molecule is CCOC1=NC=C(C)C(=N/C(C)=C/C(N)=O)/C1=C(C)/C=C/C=C(C#N)\C=C(/C)OC. The zero-order valence-electron chi connectivity index (χ0n) is 18.3. The van der Waals surface area contributed by atoms with Crippen LogP contribution in [0.4, 0.5) is 0 Å². The van der Waals surface area contributed by atoms with E-state index < -0.39 is 5.91 Å². The van der Waals surface area contributed by atoms with Crippen molar-refractivity contribution in [2.45, 2.75) is 34.6 Å². The standard InChI is InChI=1S/C23H28N4O3/c1-7-30-23-21(15(2)9-8-10-19(13-24)12-18(5)29-6)22(16(3)14-26-23)27-17(4)11-20(25)28/h8-12,14H,7H2,1-6H3,(H2,25,28)/b9-8+,17-11+,18-12+,19-10+,21-15-,27-22-. The van der Waals surface area contributed by atoms with Gasteiger partial charge in [0.15, 0.2) is 0 Å². The molecule has 0 radical (unpaired) electrons. The number of carbonyl (C=O) groups excluding carboxylic acids is 1. The molecule has 1 heterocycles. The van der Waals surface area contributed by atoms with Crippen LogP contribution >= 0.6 is 0 Å². The highest BCUT2D eigenvalue weighted by molar-refractivity contribution is 6.30. The van der Waals surface area contributed by atoms with E-state index in [9.17, 15) is 10.1 Å². The number of nitrogens with two attached hydrogens (primary N) is 1. The molecular weight excluding hydrogens is 380 g/mol. The van der Waals surface area contributed by atoms with Gasteiger partial charge in [-0.15, -0.1) is 0 Å². The molecule has 2 N–H and O–H groups in total. The van der Waals surface area contributed by atoms with Crippen LogP contribution in [-0.4, -0.2) is 31.2 Å². The normalized spacial score (nSPS) is 18.7. The van der Waals surface area contributed by atoms with Crippen molar-refractivity contribution in [1.29, 1.82) is 5.26 Å². The first-order chi connectivity index (χ1) is 14.2. The molecule has 0 saturated carbocycles. The van der Waals surface area contributed by atoms with Gasteiger partial charge in [0.25, 0.3) is 0 Å². The summed E-state index contributed by atoms with van der Waals surface area (Å²) in [6.45, 7) is 9.57. The topological polar surface area (TPSA) is 110 Å². The van der Waals surface area contributed by atoms with Gasteiger partial charge in [-0.3, -0.25) is 9.79 Å². The monoisotopic (exact) mass is 408 g/mol. The number of amides is 1. The van der Waals surface area contributed by atoms with Gasteiger partial charge in [-0.2, -0.15) is 5.26 Å². The number of primary amides is 1. The fourth-order valence-electron chi connectivity index (χ4n) is 2.51. The van der Waals surface area contributed by atoms with Gasteiger partial charge in [0.1, 0.15) is 0 Å². The summed E-state index contributed by atoms with van der Waals surface area (Å²) in [5.41, 5.74) is 9.18. The number of allylic oxidation sites excluding steroid dienone is 9. The van der Waals surface area contributed by atoms with Crippen molar-refractivity contribution in [3.63, 3.8) is 0 Å². The summed E-state index contributed by atoms with van der Waals surface area (Å²) in [7, 11) is 1.55. The molecule has 0 fully saturated rings. The van der Waals surface area contributed by atoms with Gasteiger partial charge in [0.2, 0.25) is 11.8 Å². The van der Waals surface area contributed by atoms with E-state index in [1.807, 2.05) is 26.8 Å². The highest BCUT2D eigenvalue weighted by Gasteiger charge is 2.22. The van der Waals surface area contributed by atoms with Crippen molar-refractivity contribution in [2.75, 3.05) is 13.7 Å². The highest BCUT2D eigenvalue weighted by atomic mass is 16.5. The Bertz CT molecular complexity index is 965. The molecule has 0 bridgehead atoms. The second kappa shape index (κ2) is 12.0. The molecule has 30 heavy (non-hydrogen) atoms. The van der Waals surface area contributed by atoms with Crippen LogP contribution in [0.1, 0.15) is 34.6 Å². The molecule has 0 aromatic carbocycles. The third kappa shape index (κ3) is 7.40. The Kier molecular flexibility index (Phi) is 9.77. The minimum atomic E-state index is -0.566. The fourth-order valence-corrected chi connectivity index (χ4v) is 2.51. The van der Waals surface area contributed by atoms with E-state index in [4.69, 9.17) is 15.2 Å². The van der Waals surface area contributed by atoms with E-state index in [1.54, 1.807) is 45.4 Å². The van der Waals surface area contributed by atoms with Gasteiger partial charge in [0.05, 0.1) is 42.4 Å². The lowest BCUT2D eigenvalue weighted by atomic mass is 9.96. The van der Waals surface area contributed by atoms with E-state index in [1.165, 1.54) is 6.08 Å². The average Bonchev–Trinajstić information content (AvgIpc) is 2.68. The molecule has 158 valence electrons. The summed E-state index contributed by atoms with van der Waals surface area (Å²) >= 11 is 0. The van der Waals surface area contributed by atoms with Crippen LogP contribution in [0.25, 0.3) is 0 Å². The second-order valence-electron chi connectivity index (χ2n) is 6.44. The van der Waals surface area contributed by atoms with Gasteiger partial charge in [-0.05, 0) is 57.9 Å². The number of ether oxygens (including phenoxy) is 2. The zero-order valence-corrected chi connectivity index (χ0v) is 18.3. The summed E-state index contributed by atoms with van der Waals surface area (Å²) in [5, 5.41) is 9.27. The van der Waals surface area contributed by atoms with Crippen LogP contribution in [0.15, 0.2) is 80.3 Å². The molecule has 0 aromatic rings. The third-order valence-corrected chi connectivity index (χ3v) is 3.95. The van der Waals surface area contributed by atoms with Crippen molar-refractivity contribution in [3.05, 3.63) is 70.3 Å². The maximum atomic E-state index is 11.2. The minimum absolute atomic E-state index is 0.440. The maximum absolute atomic E-state index is 11.2. The summed E-state index contributed by atoms with van der Waals surface area (Å²) in [5.74, 6) is 0.510. The van der Waals surface area contributed by atoms with Crippen molar-refractivity contribution in [2.24, 2.45) is 15.7 Å². The van der Waals surface area contributed by atoms with Crippen LogP contribution < -0.4 is 5.73 Å². The first kappa shape index (κ1) is 24.4. The van der Waals surface area contributed by atoms with E-state index in [0.717, 1.165) is 11.1 Å². The van der Waals surface area contributed by atoms with Gasteiger partial charge in [0, 0.05) is 18.0 Å².